The van der Waals surface area contributed by atoms with Crippen LogP contribution in [0.3, 0.4) is 0 Å². The minimum Gasteiger partial charge on any atom is -0.495 e. The maximum absolute atomic E-state index is 6.06. The zero-order valence-corrected chi connectivity index (χ0v) is 13.7. The average Bonchev–Trinajstić information content (AvgIpc) is 2.57. The molecule has 0 bridgehead atoms. The number of ether oxygens (including phenoxy) is 1. The molecule has 0 saturated carbocycles. The topological polar surface area (TPSA) is 33.3 Å². The van der Waals surface area contributed by atoms with Crippen molar-refractivity contribution in [1.82, 2.24) is 10.6 Å². The summed E-state index contributed by atoms with van der Waals surface area (Å²) in [5.41, 5.74) is 3.20. The lowest BCUT2D eigenvalue weighted by Gasteiger charge is -2.22. The van der Waals surface area contributed by atoms with Gasteiger partial charge in [0, 0.05) is 19.3 Å². The molecule has 0 saturated heterocycles. The minimum atomic E-state index is 0.0351. The van der Waals surface area contributed by atoms with Gasteiger partial charge in [0.05, 0.1) is 18.2 Å². The molecular formula is C18H21ClN2O. The molecule has 4 heteroatoms. The lowest BCUT2D eigenvalue weighted by Crippen LogP contribution is -2.27. The van der Waals surface area contributed by atoms with Crippen LogP contribution in [-0.2, 0) is 6.54 Å². The van der Waals surface area contributed by atoms with Crippen molar-refractivity contribution in [2.45, 2.75) is 12.6 Å². The van der Waals surface area contributed by atoms with Crippen molar-refractivity contribution in [2.75, 3.05) is 14.2 Å². The number of benzene rings is 2. The molecule has 0 unspecified atom stereocenters. The van der Waals surface area contributed by atoms with E-state index in [4.69, 9.17) is 16.3 Å². The van der Waals surface area contributed by atoms with Gasteiger partial charge >= 0.3 is 0 Å². The minimum absolute atomic E-state index is 0.0351. The van der Waals surface area contributed by atoms with Crippen LogP contribution in [0.1, 0.15) is 17.2 Å². The first-order valence-electron chi connectivity index (χ1n) is 7.13. The predicted molar refractivity (Wildman–Crippen MR) is 92.2 cm³/mol. The first-order chi connectivity index (χ1) is 10.7. The molecule has 0 aliphatic heterocycles. The number of nitrogens with one attached hydrogen (secondary N) is 2. The summed E-state index contributed by atoms with van der Waals surface area (Å²) in [6, 6.07) is 16.0. The zero-order chi connectivity index (χ0) is 15.9. The van der Waals surface area contributed by atoms with Crippen molar-refractivity contribution in [1.29, 1.82) is 0 Å². The monoisotopic (exact) mass is 316 g/mol. The molecular weight excluding hydrogens is 296 g/mol. The molecule has 0 amide bonds. The Labute approximate surface area is 137 Å². The van der Waals surface area contributed by atoms with Gasteiger partial charge in [0.25, 0.3) is 0 Å². The quantitative estimate of drug-likeness (QED) is 0.812. The molecule has 0 spiro atoms. The van der Waals surface area contributed by atoms with Crippen LogP contribution in [0.5, 0.6) is 5.75 Å². The first kappa shape index (κ1) is 16.4. The number of likely N-dealkylation sites (N-methyl/N-ethyl adjacent to an activating group) is 1. The van der Waals surface area contributed by atoms with Crippen molar-refractivity contribution >= 4 is 11.6 Å². The van der Waals surface area contributed by atoms with E-state index in [0.29, 0.717) is 17.3 Å². The molecule has 0 heterocycles. The summed E-state index contributed by atoms with van der Waals surface area (Å²) < 4.78 is 5.26. The molecule has 2 aromatic carbocycles. The van der Waals surface area contributed by atoms with E-state index in [1.807, 2.05) is 43.4 Å². The Hall–Kier alpha value is -1.97. The summed E-state index contributed by atoms with van der Waals surface area (Å²) in [6.45, 7) is 4.78. The van der Waals surface area contributed by atoms with Crippen LogP contribution in [0.15, 0.2) is 60.8 Å². The molecule has 0 aromatic heterocycles. The van der Waals surface area contributed by atoms with Crippen LogP contribution in [0.4, 0.5) is 0 Å². The van der Waals surface area contributed by atoms with E-state index in [2.05, 4.69) is 29.3 Å². The standard InChI is InChI=1S/C18H21ClN2O/c1-13(20-2)18(15-7-5-4-6-8-15)21-12-14-9-10-16(19)17(11-14)22-3/h4-11,18,20-21H,1,12H2,2-3H3/t18-/m0/s1. The van der Waals surface area contributed by atoms with Gasteiger partial charge in [0.15, 0.2) is 0 Å². The second kappa shape index (κ2) is 7.87. The van der Waals surface area contributed by atoms with E-state index in [1.54, 1.807) is 7.11 Å². The molecule has 0 aliphatic rings. The lowest BCUT2D eigenvalue weighted by atomic mass is 10.0. The number of halogens is 1. The lowest BCUT2D eigenvalue weighted by molar-refractivity contribution is 0.414. The van der Waals surface area contributed by atoms with E-state index in [9.17, 15) is 0 Å². The second-order valence-corrected chi connectivity index (χ2v) is 5.38. The Morgan fingerprint density at radius 1 is 1.23 bits per heavy atom. The van der Waals surface area contributed by atoms with Gasteiger partial charge in [-0.25, -0.2) is 0 Å². The average molecular weight is 317 g/mol. The Morgan fingerprint density at radius 2 is 1.95 bits per heavy atom. The van der Waals surface area contributed by atoms with Crippen molar-refractivity contribution in [3.05, 3.63) is 77.0 Å². The summed E-state index contributed by atoms with van der Waals surface area (Å²) in [7, 11) is 3.50. The largest absolute Gasteiger partial charge is 0.495 e. The smallest absolute Gasteiger partial charge is 0.137 e. The van der Waals surface area contributed by atoms with Crippen molar-refractivity contribution < 1.29 is 4.74 Å². The molecule has 0 radical (unpaired) electrons. The van der Waals surface area contributed by atoms with E-state index in [0.717, 1.165) is 11.3 Å². The summed E-state index contributed by atoms with van der Waals surface area (Å²) >= 11 is 6.06. The first-order valence-corrected chi connectivity index (χ1v) is 7.50. The van der Waals surface area contributed by atoms with Crippen LogP contribution in [0, 0.1) is 0 Å². The number of hydrogen-bond acceptors (Lipinski definition) is 3. The second-order valence-electron chi connectivity index (χ2n) is 4.97. The fourth-order valence-electron chi connectivity index (χ4n) is 2.27. The molecule has 0 fully saturated rings. The van der Waals surface area contributed by atoms with Crippen LogP contribution < -0.4 is 15.4 Å². The van der Waals surface area contributed by atoms with Gasteiger partial charge in [0.1, 0.15) is 5.75 Å². The van der Waals surface area contributed by atoms with E-state index < -0.39 is 0 Å². The van der Waals surface area contributed by atoms with Crippen LogP contribution in [0.2, 0.25) is 5.02 Å². The summed E-state index contributed by atoms with van der Waals surface area (Å²) in [5, 5.41) is 7.26. The highest BCUT2D eigenvalue weighted by Crippen LogP contribution is 2.26. The van der Waals surface area contributed by atoms with Gasteiger partial charge in [-0.2, -0.15) is 0 Å². The third-order valence-electron chi connectivity index (χ3n) is 3.53. The number of rotatable bonds is 7. The van der Waals surface area contributed by atoms with Gasteiger partial charge < -0.3 is 15.4 Å². The SMILES string of the molecule is C=C(NC)[C@H](NCc1ccc(Cl)c(OC)c1)c1ccccc1. The fraction of sp³-hybridized carbons (Fsp3) is 0.222. The fourth-order valence-corrected chi connectivity index (χ4v) is 2.46. The van der Waals surface area contributed by atoms with Crippen molar-refractivity contribution in [3.8, 4) is 5.75 Å². The predicted octanol–water partition coefficient (Wildman–Crippen LogP) is 3.91. The summed E-state index contributed by atoms with van der Waals surface area (Å²) in [5.74, 6) is 0.685. The Kier molecular flexibility index (Phi) is 5.87. The highest BCUT2D eigenvalue weighted by molar-refractivity contribution is 6.32. The van der Waals surface area contributed by atoms with Gasteiger partial charge in [0.2, 0.25) is 0 Å². The molecule has 2 N–H and O–H groups in total. The Balaban J connectivity index is 2.13. The maximum Gasteiger partial charge on any atom is 0.137 e. The number of methoxy groups -OCH3 is 1. The van der Waals surface area contributed by atoms with Gasteiger partial charge in [-0.15, -0.1) is 0 Å². The normalized spacial score (nSPS) is 11.8. The molecule has 0 aliphatic carbocycles. The zero-order valence-electron chi connectivity index (χ0n) is 12.9. The van der Waals surface area contributed by atoms with Crippen molar-refractivity contribution in [3.63, 3.8) is 0 Å². The van der Waals surface area contributed by atoms with Crippen LogP contribution in [0.25, 0.3) is 0 Å². The van der Waals surface area contributed by atoms with Gasteiger partial charge in [-0.3, -0.25) is 0 Å². The highest BCUT2D eigenvalue weighted by Gasteiger charge is 2.13. The van der Waals surface area contributed by atoms with E-state index in [1.165, 1.54) is 5.56 Å². The molecule has 1 atom stereocenters. The van der Waals surface area contributed by atoms with Gasteiger partial charge in [-0.05, 0) is 23.3 Å². The molecule has 116 valence electrons. The third kappa shape index (κ3) is 4.03. The highest BCUT2D eigenvalue weighted by atomic mass is 35.5. The Morgan fingerprint density at radius 3 is 2.59 bits per heavy atom. The molecule has 3 nitrogen and oxygen atoms in total. The van der Waals surface area contributed by atoms with Gasteiger partial charge in [-0.1, -0.05) is 54.6 Å². The van der Waals surface area contributed by atoms with E-state index in [-0.39, 0.29) is 6.04 Å². The molecule has 22 heavy (non-hydrogen) atoms. The van der Waals surface area contributed by atoms with E-state index >= 15 is 0 Å². The number of hydrogen-bond donors (Lipinski definition) is 2. The van der Waals surface area contributed by atoms with Crippen molar-refractivity contribution in [2.24, 2.45) is 0 Å². The van der Waals surface area contributed by atoms with Crippen LogP contribution >= 0.6 is 11.6 Å². The molecule has 2 rings (SSSR count). The third-order valence-corrected chi connectivity index (χ3v) is 3.84. The maximum atomic E-state index is 6.06. The molecule has 2 aromatic rings. The summed E-state index contributed by atoms with van der Waals surface area (Å²) in [4.78, 5) is 0. The Bertz CT molecular complexity index is 628. The van der Waals surface area contributed by atoms with Crippen LogP contribution in [-0.4, -0.2) is 14.2 Å². The summed E-state index contributed by atoms with van der Waals surface area (Å²) in [6.07, 6.45) is 0.